The summed E-state index contributed by atoms with van der Waals surface area (Å²) in [6.07, 6.45) is -4.59. The molecule has 3 rings (SSSR count). The maximum Gasteiger partial charge on any atom is 0.449 e. The first kappa shape index (κ1) is 17.6. The number of hydrogen-bond donors (Lipinski definition) is 0. The molecule has 8 heteroatoms. The molecule has 0 radical (unpaired) electrons. The van der Waals surface area contributed by atoms with Gasteiger partial charge in [-0.2, -0.15) is 13.2 Å². The van der Waals surface area contributed by atoms with Gasteiger partial charge in [0.1, 0.15) is 17.0 Å². The van der Waals surface area contributed by atoms with E-state index in [1.165, 1.54) is 14.2 Å². The first-order valence-electron chi connectivity index (χ1n) is 7.28. The normalized spacial score (nSPS) is 11.8. The molecule has 0 bridgehead atoms. The van der Waals surface area contributed by atoms with Crippen molar-refractivity contribution < 1.29 is 22.6 Å². The summed E-state index contributed by atoms with van der Waals surface area (Å²) in [7, 11) is 2.93. The molecule has 0 atom stereocenters. The second-order valence-corrected chi connectivity index (χ2v) is 6.17. The highest BCUT2D eigenvalue weighted by Gasteiger charge is 2.38. The van der Waals surface area contributed by atoms with Gasteiger partial charge in [0.2, 0.25) is 5.82 Å². The van der Waals surface area contributed by atoms with Gasteiger partial charge in [-0.1, -0.05) is 12.1 Å². The van der Waals surface area contributed by atoms with E-state index in [0.717, 1.165) is 4.57 Å². The Bertz CT molecular complexity index is 905. The van der Waals surface area contributed by atoms with Crippen LogP contribution in [0.4, 0.5) is 13.2 Å². The van der Waals surface area contributed by atoms with Crippen molar-refractivity contribution in [2.45, 2.75) is 12.7 Å². The lowest BCUT2D eigenvalue weighted by Crippen LogP contribution is -2.15. The number of aromatic nitrogens is 2. The molecule has 0 amide bonds. The van der Waals surface area contributed by atoms with Crippen molar-refractivity contribution in [3.63, 3.8) is 0 Å². The summed E-state index contributed by atoms with van der Waals surface area (Å²) in [5.41, 5.74) is 1.19. The lowest BCUT2D eigenvalue weighted by atomic mass is 10.2. The van der Waals surface area contributed by atoms with Crippen LogP contribution in [-0.4, -0.2) is 23.8 Å². The van der Waals surface area contributed by atoms with Crippen molar-refractivity contribution >= 4 is 27.0 Å². The largest absolute Gasteiger partial charge is 0.497 e. The molecule has 1 heterocycles. The van der Waals surface area contributed by atoms with E-state index in [9.17, 15) is 13.2 Å². The molecule has 2 aromatic carbocycles. The average Bonchev–Trinajstić information content (AvgIpc) is 2.96. The zero-order chi connectivity index (χ0) is 18.2. The molecule has 0 aliphatic rings. The third-order valence-corrected chi connectivity index (χ3v) is 4.42. The number of rotatable bonds is 4. The summed E-state index contributed by atoms with van der Waals surface area (Å²) < 4.78 is 52.4. The Labute approximate surface area is 150 Å². The predicted molar refractivity (Wildman–Crippen MR) is 91.1 cm³/mol. The molecule has 0 fully saturated rings. The van der Waals surface area contributed by atoms with Crippen LogP contribution >= 0.6 is 15.9 Å². The average molecular weight is 415 g/mol. The number of alkyl halides is 3. The van der Waals surface area contributed by atoms with E-state index in [1.54, 1.807) is 36.4 Å². The monoisotopic (exact) mass is 414 g/mol. The van der Waals surface area contributed by atoms with E-state index in [-0.39, 0.29) is 17.8 Å². The number of halogens is 4. The highest BCUT2D eigenvalue weighted by molar-refractivity contribution is 9.10. The van der Waals surface area contributed by atoms with Crippen LogP contribution in [0, 0.1) is 0 Å². The van der Waals surface area contributed by atoms with Crippen LogP contribution in [-0.2, 0) is 12.7 Å². The molecule has 0 N–H and O–H groups in total. The van der Waals surface area contributed by atoms with Gasteiger partial charge in [-0.15, -0.1) is 0 Å². The third-order valence-electron chi connectivity index (χ3n) is 3.78. The van der Waals surface area contributed by atoms with E-state index < -0.39 is 12.0 Å². The van der Waals surface area contributed by atoms with E-state index >= 15 is 0 Å². The van der Waals surface area contributed by atoms with Crippen LogP contribution in [0.25, 0.3) is 11.0 Å². The summed E-state index contributed by atoms with van der Waals surface area (Å²) in [5.74, 6) is -0.0427. The van der Waals surface area contributed by atoms with Crippen LogP contribution in [0.3, 0.4) is 0 Å². The standard InChI is InChI=1S/C17H14BrF3N2O2/c1-24-11-5-3-10(4-6-11)9-23-15-12(18)7-8-13(25-2)14(15)22-16(23)17(19,20)21/h3-8H,9H2,1-2H3. The van der Waals surface area contributed by atoms with Gasteiger partial charge >= 0.3 is 6.18 Å². The van der Waals surface area contributed by atoms with E-state index in [4.69, 9.17) is 9.47 Å². The second kappa shape index (κ2) is 6.59. The van der Waals surface area contributed by atoms with Gasteiger partial charge in [0, 0.05) is 11.0 Å². The predicted octanol–water partition coefficient (Wildman–Crippen LogP) is 4.88. The molecular formula is C17H14BrF3N2O2. The number of imidazole rings is 1. The Balaban J connectivity index is 2.20. The molecule has 0 aliphatic carbocycles. The summed E-state index contributed by atoms with van der Waals surface area (Å²) in [6, 6.07) is 10.1. The van der Waals surface area contributed by atoms with Crippen molar-refractivity contribution in [2.24, 2.45) is 0 Å². The Kier molecular flexibility index (Phi) is 4.64. The molecule has 1 aromatic heterocycles. The molecular weight excluding hydrogens is 401 g/mol. The lowest BCUT2D eigenvalue weighted by Gasteiger charge is -2.12. The van der Waals surface area contributed by atoms with Crippen LogP contribution in [0.2, 0.25) is 0 Å². The molecule has 0 unspecified atom stereocenters. The van der Waals surface area contributed by atoms with Crippen LogP contribution in [0.15, 0.2) is 40.9 Å². The SMILES string of the molecule is COc1ccc(Cn2c(C(F)(F)F)nc3c(OC)ccc(Br)c32)cc1. The molecule has 25 heavy (non-hydrogen) atoms. The zero-order valence-electron chi connectivity index (χ0n) is 13.4. The fraction of sp³-hybridized carbons (Fsp3) is 0.235. The van der Waals surface area contributed by atoms with Gasteiger partial charge in [0.15, 0.2) is 0 Å². The van der Waals surface area contributed by atoms with Gasteiger partial charge in [-0.3, -0.25) is 0 Å². The van der Waals surface area contributed by atoms with Crippen LogP contribution in [0.1, 0.15) is 11.4 Å². The van der Waals surface area contributed by atoms with Gasteiger partial charge in [-0.25, -0.2) is 4.98 Å². The number of nitrogens with zero attached hydrogens (tertiary/aromatic N) is 2. The summed E-state index contributed by atoms with van der Waals surface area (Å²) in [6.45, 7) is 0.0150. The molecule has 0 aliphatic heterocycles. The number of ether oxygens (including phenoxy) is 2. The molecule has 0 spiro atoms. The smallest absolute Gasteiger partial charge is 0.449 e. The highest BCUT2D eigenvalue weighted by atomic mass is 79.9. The van der Waals surface area contributed by atoms with Crippen molar-refractivity contribution in [3.8, 4) is 11.5 Å². The summed E-state index contributed by atoms with van der Waals surface area (Å²) >= 11 is 3.32. The topological polar surface area (TPSA) is 36.3 Å². The molecule has 0 saturated heterocycles. The van der Waals surface area contributed by atoms with Gasteiger partial charge in [0.25, 0.3) is 0 Å². The van der Waals surface area contributed by atoms with Gasteiger partial charge in [-0.05, 0) is 45.8 Å². The van der Waals surface area contributed by atoms with Gasteiger partial charge in [0.05, 0.1) is 19.7 Å². The number of methoxy groups -OCH3 is 2. The van der Waals surface area contributed by atoms with Crippen molar-refractivity contribution in [2.75, 3.05) is 14.2 Å². The number of hydrogen-bond acceptors (Lipinski definition) is 3. The number of benzene rings is 2. The first-order chi connectivity index (χ1) is 11.8. The van der Waals surface area contributed by atoms with Crippen molar-refractivity contribution in [3.05, 3.63) is 52.3 Å². The fourth-order valence-corrected chi connectivity index (χ4v) is 3.16. The Hall–Kier alpha value is -2.22. The molecule has 132 valence electrons. The molecule has 4 nitrogen and oxygen atoms in total. The summed E-state index contributed by atoms with van der Waals surface area (Å²) in [4.78, 5) is 3.80. The highest BCUT2D eigenvalue weighted by Crippen LogP contribution is 2.38. The minimum absolute atomic E-state index is 0.0150. The van der Waals surface area contributed by atoms with Gasteiger partial charge < -0.3 is 14.0 Å². The van der Waals surface area contributed by atoms with Crippen molar-refractivity contribution in [1.29, 1.82) is 0 Å². The Morgan fingerprint density at radius 2 is 1.72 bits per heavy atom. The second-order valence-electron chi connectivity index (χ2n) is 5.31. The maximum atomic E-state index is 13.5. The Morgan fingerprint density at radius 1 is 1.04 bits per heavy atom. The Morgan fingerprint density at radius 3 is 2.28 bits per heavy atom. The quantitative estimate of drug-likeness (QED) is 0.610. The minimum Gasteiger partial charge on any atom is -0.497 e. The fourth-order valence-electron chi connectivity index (χ4n) is 2.62. The maximum absolute atomic E-state index is 13.5. The van der Waals surface area contributed by atoms with E-state index in [1.807, 2.05) is 0 Å². The van der Waals surface area contributed by atoms with Crippen LogP contribution in [0.5, 0.6) is 11.5 Å². The lowest BCUT2D eigenvalue weighted by molar-refractivity contribution is -0.146. The van der Waals surface area contributed by atoms with Crippen molar-refractivity contribution in [1.82, 2.24) is 9.55 Å². The first-order valence-corrected chi connectivity index (χ1v) is 8.07. The van der Waals surface area contributed by atoms with E-state index in [2.05, 4.69) is 20.9 Å². The minimum atomic E-state index is -4.59. The molecule has 3 aromatic rings. The number of fused-ring (bicyclic) bond motifs is 1. The third kappa shape index (κ3) is 3.30. The molecule has 0 saturated carbocycles. The van der Waals surface area contributed by atoms with Crippen LogP contribution < -0.4 is 9.47 Å². The van der Waals surface area contributed by atoms with E-state index in [0.29, 0.717) is 21.3 Å². The zero-order valence-corrected chi connectivity index (χ0v) is 15.0. The summed E-state index contributed by atoms with van der Waals surface area (Å²) in [5, 5.41) is 0.